The lowest BCUT2D eigenvalue weighted by Crippen LogP contribution is -2.19. The number of hydrogen-bond acceptors (Lipinski definition) is 4. The van der Waals surface area contributed by atoms with Gasteiger partial charge in [-0.05, 0) is 55.3 Å². The van der Waals surface area contributed by atoms with Crippen molar-refractivity contribution in [2.75, 3.05) is 13.7 Å². The molecular formula is C25H26N4O2. The van der Waals surface area contributed by atoms with E-state index in [0.717, 1.165) is 35.4 Å². The summed E-state index contributed by atoms with van der Waals surface area (Å²) in [6.45, 7) is 4.81. The van der Waals surface area contributed by atoms with E-state index in [4.69, 9.17) is 9.84 Å². The highest BCUT2D eigenvalue weighted by Gasteiger charge is 2.16. The number of ether oxygens (including phenoxy) is 1. The lowest BCUT2D eigenvalue weighted by Gasteiger charge is -2.09. The van der Waals surface area contributed by atoms with Gasteiger partial charge in [0, 0.05) is 24.4 Å². The molecule has 3 rings (SSSR count). The largest absolute Gasteiger partial charge is 0.494 e. The highest BCUT2D eigenvalue weighted by molar-refractivity contribution is 6.02. The summed E-state index contributed by atoms with van der Waals surface area (Å²) in [7, 11) is 1.50. The van der Waals surface area contributed by atoms with Crippen molar-refractivity contribution in [2.24, 2.45) is 0 Å². The average molecular weight is 415 g/mol. The van der Waals surface area contributed by atoms with Crippen molar-refractivity contribution in [3.05, 3.63) is 71.4 Å². The molecule has 0 atom stereocenters. The molecule has 158 valence electrons. The first-order chi connectivity index (χ1) is 15.1. The van der Waals surface area contributed by atoms with Crippen LogP contribution in [0.1, 0.15) is 30.9 Å². The molecule has 6 heteroatoms. The number of amides is 1. The number of rotatable bonds is 8. The Morgan fingerprint density at radius 2 is 2.03 bits per heavy atom. The van der Waals surface area contributed by atoms with Crippen molar-refractivity contribution in [3.8, 4) is 28.8 Å². The monoisotopic (exact) mass is 414 g/mol. The molecule has 0 aliphatic heterocycles. The molecule has 0 bridgehead atoms. The van der Waals surface area contributed by atoms with Gasteiger partial charge in [0.1, 0.15) is 23.1 Å². The zero-order chi connectivity index (χ0) is 22.2. The standard InChI is InChI=1S/C25H26N4O2/c1-4-5-13-31-22-11-12-23(18(2)14-22)24-20(15-19(16-26)25(30)27-3)17-29(28-24)21-9-7-6-8-10-21/h6-12,14-15,17H,4-5,13H2,1-3H3,(H,27,30). The van der Waals surface area contributed by atoms with Gasteiger partial charge in [-0.25, -0.2) is 4.68 Å². The predicted octanol–water partition coefficient (Wildman–Crippen LogP) is 4.68. The highest BCUT2D eigenvalue weighted by Crippen LogP contribution is 2.30. The van der Waals surface area contributed by atoms with Gasteiger partial charge in [-0.3, -0.25) is 4.79 Å². The smallest absolute Gasteiger partial charge is 0.261 e. The van der Waals surface area contributed by atoms with Gasteiger partial charge in [0.2, 0.25) is 0 Å². The number of nitriles is 1. The van der Waals surface area contributed by atoms with E-state index < -0.39 is 5.91 Å². The lowest BCUT2D eigenvalue weighted by atomic mass is 10.0. The summed E-state index contributed by atoms with van der Waals surface area (Å²) in [6.07, 6.45) is 5.49. The fourth-order valence-electron chi connectivity index (χ4n) is 3.18. The predicted molar refractivity (Wildman–Crippen MR) is 122 cm³/mol. The number of aromatic nitrogens is 2. The number of carbonyl (C=O) groups is 1. The summed E-state index contributed by atoms with van der Waals surface area (Å²) < 4.78 is 7.57. The van der Waals surface area contributed by atoms with Gasteiger partial charge in [0.25, 0.3) is 5.91 Å². The summed E-state index contributed by atoms with van der Waals surface area (Å²) in [5.41, 5.74) is 4.20. The molecule has 0 fully saturated rings. The van der Waals surface area contributed by atoms with Crippen molar-refractivity contribution < 1.29 is 9.53 Å². The molecule has 0 unspecified atom stereocenters. The van der Waals surface area contributed by atoms with Crippen molar-refractivity contribution in [1.82, 2.24) is 15.1 Å². The van der Waals surface area contributed by atoms with Crippen LogP contribution in [0.15, 0.2) is 60.3 Å². The van der Waals surface area contributed by atoms with E-state index in [2.05, 4.69) is 12.2 Å². The Hall–Kier alpha value is -3.85. The molecule has 3 aromatic rings. The van der Waals surface area contributed by atoms with Gasteiger partial charge < -0.3 is 10.1 Å². The van der Waals surface area contributed by atoms with Crippen molar-refractivity contribution in [1.29, 1.82) is 5.26 Å². The van der Waals surface area contributed by atoms with Crippen LogP contribution in [-0.2, 0) is 4.79 Å². The molecule has 31 heavy (non-hydrogen) atoms. The van der Waals surface area contributed by atoms with Crippen molar-refractivity contribution in [2.45, 2.75) is 26.7 Å². The van der Waals surface area contributed by atoms with Crippen LogP contribution in [0.5, 0.6) is 5.75 Å². The molecular weight excluding hydrogens is 388 g/mol. The number of benzene rings is 2. The van der Waals surface area contributed by atoms with Gasteiger partial charge in [-0.15, -0.1) is 0 Å². The minimum Gasteiger partial charge on any atom is -0.494 e. The molecule has 0 aliphatic rings. The number of hydrogen-bond donors (Lipinski definition) is 1. The molecule has 0 saturated heterocycles. The summed E-state index contributed by atoms with van der Waals surface area (Å²) >= 11 is 0. The third-order valence-electron chi connectivity index (χ3n) is 4.87. The van der Waals surface area contributed by atoms with E-state index in [-0.39, 0.29) is 5.57 Å². The van der Waals surface area contributed by atoms with Crippen molar-refractivity contribution in [3.63, 3.8) is 0 Å². The zero-order valence-corrected chi connectivity index (χ0v) is 18.1. The number of nitrogens with zero attached hydrogens (tertiary/aromatic N) is 3. The number of para-hydroxylation sites is 1. The van der Waals surface area contributed by atoms with Crippen molar-refractivity contribution >= 4 is 12.0 Å². The van der Waals surface area contributed by atoms with Crippen LogP contribution in [0.4, 0.5) is 0 Å². The second-order valence-corrected chi connectivity index (χ2v) is 7.14. The second kappa shape index (κ2) is 10.3. The molecule has 6 nitrogen and oxygen atoms in total. The van der Waals surface area contributed by atoms with Crippen LogP contribution in [0, 0.1) is 18.3 Å². The zero-order valence-electron chi connectivity index (χ0n) is 18.1. The van der Waals surface area contributed by atoms with E-state index in [0.29, 0.717) is 17.9 Å². The SMILES string of the molecule is CCCCOc1ccc(-c2nn(-c3ccccc3)cc2C=C(C#N)C(=O)NC)c(C)c1. The van der Waals surface area contributed by atoms with E-state index in [1.165, 1.54) is 7.05 Å². The summed E-state index contributed by atoms with van der Waals surface area (Å²) in [5.74, 6) is 0.384. The Morgan fingerprint density at radius 3 is 2.68 bits per heavy atom. The third-order valence-corrected chi connectivity index (χ3v) is 4.87. The molecule has 1 amide bonds. The van der Waals surface area contributed by atoms with Crippen LogP contribution < -0.4 is 10.1 Å². The highest BCUT2D eigenvalue weighted by atomic mass is 16.5. The quantitative estimate of drug-likeness (QED) is 0.330. The Labute approximate surface area is 182 Å². The summed E-state index contributed by atoms with van der Waals surface area (Å²) in [6, 6.07) is 17.6. The van der Waals surface area contributed by atoms with E-state index >= 15 is 0 Å². The summed E-state index contributed by atoms with van der Waals surface area (Å²) in [4.78, 5) is 12.1. The minimum absolute atomic E-state index is 0.0218. The van der Waals surface area contributed by atoms with Gasteiger partial charge in [-0.2, -0.15) is 10.4 Å². The van der Waals surface area contributed by atoms with Crippen LogP contribution in [-0.4, -0.2) is 29.3 Å². The Bertz CT molecular complexity index is 1120. The first-order valence-corrected chi connectivity index (χ1v) is 10.3. The lowest BCUT2D eigenvalue weighted by molar-refractivity contribution is -0.116. The molecule has 0 aliphatic carbocycles. The molecule has 0 saturated carbocycles. The second-order valence-electron chi connectivity index (χ2n) is 7.14. The Morgan fingerprint density at radius 1 is 1.26 bits per heavy atom. The number of nitrogens with one attached hydrogen (secondary N) is 1. The topological polar surface area (TPSA) is 79.9 Å². The van der Waals surface area contributed by atoms with Crippen LogP contribution in [0.25, 0.3) is 23.0 Å². The van der Waals surface area contributed by atoms with Gasteiger partial charge in [0.05, 0.1) is 12.3 Å². The third kappa shape index (κ3) is 5.20. The van der Waals surface area contributed by atoms with Crippen LogP contribution >= 0.6 is 0 Å². The Kier molecular flexibility index (Phi) is 7.23. The maximum Gasteiger partial charge on any atom is 0.261 e. The van der Waals surface area contributed by atoms with Gasteiger partial charge in [-0.1, -0.05) is 31.5 Å². The first-order valence-electron chi connectivity index (χ1n) is 10.3. The first kappa shape index (κ1) is 21.8. The molecule has 1 heterocycles. The molecule has 2 aromatic carbocycles. The van der Waals surface area contributed by atoms with E-state index in [1.807, 2.05) is 67.7 Å². The molecule has 0 radical (unpaired) electrons. The molecule has 1 N–H and O–H groups in total. The average Bonchev–Trinajstić information content (AvgIpc) is 3.21. The van der Waals surface area contributed by atoms with Gasteiger partial charge >= 0.3 is 0 Å². The van der Waals surface area contributed by atoms with Crippen LogP contribution in [0.2, 0.25) is 0 Å². The van der Waals surface area contributed by atoms with Gasteiger partial charge in [0.15, 0.2) is 0 Å². The fourth-order valence-corrected chi connectivity index (χ4v) is 3.18. The van der Waals surface area contributed by atoms with E-state index in [9.17, 15) is 10.1 Å². The number of unbranched alkanes of at least 4 members (excludes halogenated alkanes) is 1. The normalized spacial score (nSPS) is 11.1. The number of aryl methyl sites for hydroxylation is 1. The maximum atomic E-state index is 12.1. The summed E-state index contributed by atoms with van der Waals surface area (Å²) in [5, 5.41) is 16.7. The molecule has 1 aromatic heterocycles. The van der Waals surface area contributed by atoms with E-state index in [1.54, 1.807) is 10.8 Å². The fraction of sp³-hybridized carbons (Fsp3) is 0.240. The number of carbonyl (C=O) groups excluding carboxylic acids is 1. The molecule has 0 spiro atoms. The Balaban J connectivity index is 2.08. The number of likely N-dealkylation sites (N-methyl/N-ethyl adjacent to an activating group) is 1. The minimum atomic E-state index is -0.433. The maximum absolute atomic E-state index is 12.1. The van der Waals surface area contributed by atoms with Crippen LogP contribution in [0.3, 0.4) is 0 Å².